The molecule has 0 aliphatic rings. The molecule has 0 aliphatic heterocycles. The highest BCUT2D eigenvalue weighted by molar-refractivity contribution is 7.99. The van der Waals surface area contributed by atoms with E-state index in [1.165, 1.54) is 0 Å². The van der Waals surface area contributed by atoms with Gasteiger partial charge in [0.1, 0.15) is 11.8 Å². The summed E-state index contributed by atoms with van der Waals surface area (Å²) in [4.78, 5) is 3.21. The highest BCUT2D eigenvalue weighted by Crippen LogP contribution is 2.31. The van der Waals surface area contributed by atoms with Gasteiger partial charge in [-0.15, -0.1) is 11.8 Å². The Balaban J connectivity index is 2.34. The molecule has 0 atom stereocenters. The Hall–Kier alpha value is -1.86. The van der Waals surface area contributed by atoms with Crippen molar-refractivity contribution in [2.45, 2.75) is 25.3 Å². The maximum Gasteiger partial charge on any atom is 0.123 e. The summed E-state index contributed by atoms with van der Waals surface area (Å²) in [6.07, 6.45) is 1.68. The van der Waals surface area contributed by atoms with E-state index >= 15 is 0 Å². The molecule has 0 fully saturated rings. The third kappa shape index (κ3) is 3.17. The molecular formula is C16H18N2OS. The van der Waals surface area contributed by atoms with Crippen molar-refractivity contribution >= 4 is 17.4 Å². The van der Waals surface area contributed by atoms with Gasteiger partial charge in [-0.3, -0.25) is 0 Å². The van der Waals surface area contributed by atoms with Crippen LogP contribution in [0.5, 0.6) is 0 Å². The average molecular weight is 286 g/mol. The monoisotopic (exact) mass is 286 g/mol. The second-order valence-corrected chi connectivity index (χ2v) is 5.59. The van der Waals surface area contributed by atoms with Crippen LogP contribution < -0.4 is 4.90 Å². The molecule has 0 spiro atoms. The smallest absolute Gasteiger partial charge is 0.123 e. The first-order valence-electron chi connectivity index (χ1n) is 6.73. The van der Waals surface area contributed by atoms with Gasteiger partial charge in [0.15, 0.2) is 0 Å². The van der Waals surface area contributed by atoms with Crippen LogP contribution in [-0.4, -0.2) is 12.3 Å². The number of anilines is 1. The summed E-state index contributed by atoms with van der Waals surface area (Å²) in [6.45, 7) is 5.69. The fraction of sp³-hybridized carbons (Fsp3) is 0.312. The van der Waals surface area contributed by atoms with Crippen LogP contribution in [0.3, 0.4) is 0 Å². The van der Waals surface area contributed by atoms with E-state index in [0.717, 1.165) is 34.2 Å². The Morgan fingerprint density at radius 3 is 2.70 bits per heavy atom. The molecule has 1 heterocycles. The maximum absolute atomic E-state index is 9.48. The molecule has 0 N–H and O–H groups in total. The number of thioether (sulfide) groups is 1. The summed E-state index contributed by atoms with van der Waals surface area (Å²) in [7, 11) is 0. The normalized spacial score (nSPS) is 10.2. The van der Waals surface area contributed by atoms with E-state index in [4.69, 9.17) is 4.42 Å². The molecule has 104 valence electrons. The first-order valence-corrected chi connectivity index (χ1v) is 7.72. The molecule has 4 heteroatoms. The number of nitrogens with zero attached hydrogens (tertiary/aromatic N) is 2. The van der Waals surface area contributed by atoms with Crippen molar-refractivity contribution in [1.29, 1.82) is 5.26 Å². The van der Waals surface area contributed by atoms with Crippen LogP contribution in [0, 0.1) is 11.3 Å². The first-order chi connectivity index (χ1) is 9.80. The van der Waals surface area contributed by atoms with E-state index < -0.39 is 0 Å². The van der Waals surface area contributed by atoms with E-state index in [1.807, 2.05) is 30.3 Å². The molecule has 0 unspecified atom stereocenters. The molecule has 0 saturated carbocycles. The highest BCUT2D eigenvalue weighted by Gasteiger charge is 2.14. The molecule has 0 bridgehead atoms. The zero-order chi connectivity index (χ0) is 14.4. The lowest BCUT2D eigenvalue weighted by Gasteiger charge is -2.24. The van der Waals surface area contributed by atoms with Crippen LogP contribution in [0.2, 0.25) is 0 Å². The van der Waals surface area contributed by atoms with Crippen LogP contribution in [0.4, 0.5) is 5.69 Å². The van der Waals surface area contributed by atoms with Crippen LogP contribution in [0.1, 0.15) is 25.2 Å². The van der Waals surface area contributed by atoms with E-state index in [2.05, 4.69) is 24.8 Å². The quantitative estimate of drug-likeness (QED) is 0.743. The Bertz CT molecular complexity index is 587. The number of nitriles is 1. The molecule has 0 saturated heterocycles. The fourth-order valence-corrected chi connectivity index (χ4v) is 2.91. The van der Waals surface area contributed by atoms with Crippen molar-refractivity contribution in [2.75, 3.05) is 17.2 Å². The SMILES string of the molecule is CCSc1cccc(N(CC)Cc2ccco2)c1C#N. The third-order valence-electron chi connectivity index (χ3n) is 3.07. The van der Waals surface area contributed by atoms with Crippen molar-refractivity contribution in [3.05, 3.63) is 47.9 Å². The van der Waals surface area contributed by atoms with Gasteiger partial charge in [-0.25, -0.2) is 0 Å². The van der Waals surface area contributed by atoms with Crippen molar-refractivity contribution < 1.29 is 4.42 Å². The lowest BCUT2D eigenvalue weighted by atomic mass is 10.1. The van der Waals surface area contributed by atoms with Crippen molar-refractivity contribution in [3.8, 4) is 6.07 Å². The first kappa shape index (κ1) is 14.5. The van der Waals surface area contributed by atoms with Crippen LogP contribution in [0.25, 0.3) is 0 Å². The molecule has 1 aromatic heterocycles. The summed E-state index contributed by atoms with van der Waals surface area (Å²) in [6, 6.07) is 12.2. The lowest BCUT2D eigenvalue weighted by molar-refractivity contribution is 0.503. The summed E-state index contributed by atoms with van der Waals surface area (Å²) < 4.78 is 5.41. The zero-order valence-electron chi connectivity index (χ0n) is 11.8. The predicted molar refractivity (Wildman–Crippen MR) is 83.0 cm³/mol. The van der Waals surface area contributed by atoms with Gasteiger partial charge in [0.2, 0.25) is 0 Å². The van der Waals surface area contributed by atoms with E-state index in [0.29, 0.717) is 6.54 Å². The van der Waals surface area contributed by atoms with E-state index in [1.54, 1.807) is 18.0 Å². The molecule has 0 aliphatic carbocycles. The Kier molecular flexibility index (Phi) is 5.14. The van der Waals surface area contributed by atoms with Gasteiger partial charge in [-0.1, -0.05) is 13.0 Å². The molecule has 2 rings (SSSR count). The second-order valence-electron chi connectivity index (χ2n) is 4.29. The minimum Gasteiger partial charge on any atom is -0.467 e. The van der Waals surface area contributed by atoms with Crippen molar-refractivity contribution in [2.24, 2.45) is 0 Å². The lowest BCUT2D eigenvalue weighted by Crippen LogP contribution is -2.22. The minimum absolute atomic E-state index is 0.679. The average Bonchev–Trinajstić information content (AvgIpc) is 2.98. The molecule has 0 radical (unpaired) electrons. The van der Waals surface area contributed by atoms with Gasteiger partial charge < -0.3 is 9.32 Å². The van der Waals surface area contributed by atoms with E-state index in [-0.39, 0.29) is 0 Å². The van der Waals surface area contributed by atoms with Crippen LogP contribution >= 0.6 is 11.8 Å². The highest BCUT2D eigenvalue weighted by atomic mass is 32.2. The predicted octanol–water partition coefficient (Wildman–Crippen LogP) is 4.29. The van der Waals surface area contributed by atoms with Gasteiger partial charge in [-0.05, 0) is 36.9 Å². The summed E-state index contributed by atoms with van der Waals surface area (Å²) in [5, 5.41) is 9.48. The second kappa shape index (κ2) is 7.06. The summed E-state index contributed by atoms with van der Waals surface area (Å²) in [5.74, 6) is 1.87. The van der Waals surface area contributed by atoms with Gasteiger partial charge >= 0.3 is 0 Å². The van der Waals surface area contributed by atoms with Gasteiger partial charge in [0, 0.05) is 11.4 Å². The summed E-state index contributed by atoms with van der Waals surface area (Å²) >= 11 is 1.70. The zero-order valence-corrected chi connectivity index (χ0v) is 12.6. The molecule has 1 aromatic carbocycles. The number of benzene rings is 1. The van der Waals surface area contributed by atoms with Gasteiger partial charge in [0.05, 0.1) is 24.1 Å². The third-order valence-corrected chi connectivity index (χ3v) is 4.00. The maximum atomic E-state index is 9.48. The Morgan fingerprint density at radius 2 is 2.10 bits per heavy atom. The van der Waals surface area contributed by atoms with Gasteiger partial charge in [0.25, 0.3) is 0 Å². The fourth-order valence-electron chi connectivity index (χ4n) is 2.13. The molecule has 3 nitrogen and oxygen atoms in total. The Morgan fingerprint density at radius 1 is 1.25 bits per heavy atom. The van der Waals surface area contributed by atoms with Crippen molar-refractivity contribution in [3.63, 3.8) is 0 Å². The number of rotatable bonds is 6. The number of hydrogen-bond acceptors (Lipinski definition) is 4. The summed E-state index contributed by atoms with van der Waals surface area (Å²) in [5.41, 5.74) is 1.73. The topological polar surface area (TPSA) is 40.2 Å². The standard InChI is InChI=1S/C16H18N2OS/c1-3-18(12-13-7-6-10-19-13)15-8-5-9-16(20-4-2)14(15)11-17/h5-10H,3-4,12H2,1-2H3. The molecule has 2 aromatic rings. The van der Waals surface area contributed by atoms with Crippen LogP contribution in [0.15, 0.2) is 45.9 Å². The van der Waals surface area contributed by atoms with Crippen LogP contribution in [-0.2, 0) is 6.54 Å². The minimum atomic E-state index is 0.679. The Labute approximate surface area is 124 Å². The van der Waals surface area contributed by atoms with Crippen molar-refractivity contribution in [1.82, 2.24) is 0 Å². The largest absolute Gasteiger partial charge is 0.467 e. The van der Waals surface area contributed by atoms with E-state index in [9.17, 15) is 5.26 Å². The molecular weight excluding hydrogens is 268 g/mol. The molecule has 0 amide bonds. The number of furan rings is 1. The molecule has 20 heavy (non-hydrogen) atoms. The van der Waals surface area contributed by atoms with Gasteiger partial charge in [-0.2, -0.15) is 5.26 Å². The number of hydrogen-bond donors (Lipinski definition) is 0.